The summed E-state index contributed by atoms with van der Waals surface area (Å²) in [6.07, 6.45) is 1.81. The molecule has 1 heterocycles. The maximum Gasteiger partial charge on any atom is 0.339 e. The first-order valence-electron chi connectivity index (χ1n) is 5.70. The van der Waals surface area contributed by atoms with E-state index in [4.69, 9.17) is 5.11 Å². The van der Waals surface area contributed by atoms with Gasteiger partial charge in [-0.05, 0) is 6.42 Å². The van der Waals surface area contributed by atoms with Gasteiger partial charge in [0, 0.05) is 13.6 Å². The molecule has 7 heteroatoms. The quantitative estimate of drug-likeness (QED) is 0.516. The molecule has 1 aromatic heterocycles. The van der Waals surface area contributed by atoms with Crippen molar-refractivity contribution in [2.45, 2.75) is 25.4 Å². The molecule has 0 saturated heterocycles. The highest BCUT2D eigenvalue weighted by Gasteiger charge is 2.27. The van der Waals surface area contributed by atoms with Crippen LogP contribution in [0.5, 0.6) is 0 Å². The fourth-order valence-corrected chi connectivity index (χ4v) is 1.63. The van der Waals surface area contributed by atoms with E-state index < -0.39 is 11.5 Å². The van der Waals surface area contributed by atoms with Gasteiger partial charge < -0.3 is 20.6 Å². The van der Waals surface area contributed by atoms with Gasteiger partial charge in [-0.1, -0.05) is 6.92 Å². The van der Waals surface area contributed by atoms with Gasteiger partial charge in [0.15, 0.2) is 0 Å². The lowest BCUT2D eigenvalue weighted by molar-refractivity contribution is 0.0693. The third-order valence-electron chi connectivity index (χ3n) is 3.20. The highest BCUT2D eigenvalue weighted by molar-refractivity contribution is 5.88. The van der Waals surface area contributed by atoms with E-state index in [1.807, 2.05) is 6.92 Å². The Morgan fingerprint density at radius 3 is 2.56 bits per heavy atom. The molecule has 0 spiro atoms. The van der Waals surface area contributed by atoms with Gasteiger partial charge in [0.1, 0.15) is 5.56 Å². The number of nitrogens with one attached hydrogen (secondary N) is 1. The van der Waals surface area contributed by atoms with E-state index in [2.05, 4.69) is 10.4 Å². The van der Waals surface area contributed by atoms with E-state index in [9.17, 15) is 15.0 Å². The van der Waals surface area contributed by atoms with Gasteiger partial charge in [0.05, 0.1) is 30.6 Å². The molecule has 0 aliphatic carbocycles. The number of aliphatic hydroxyl groups excluding tert-OH is 2. The number of hydrogen-bond acceptors (Lipinski definition) is 5. The second-order valence-electron chi connectivity index (χ2n) is 4.24. The highest BCUT2D eigenvalue weighted by Crippen LogP contribution is 2.12. The van der Waals surface area contributed by atoms with Crippen LogP contribution in [-0.4, -0.2) is 49.8 Å². The van der Waals surface area contributed by atoms with Crippen molar-refractivity contribution in [1.82, 2.24) is 15.1 Å². The minimum Gasteiger partial charge on any atom is -0.478 e. The van der Waals surface area contributed by atoms with Crippen molar-refractivity contribution >= 4 is 5.97 Å². The van der Waals surface area contributed by atoms with Crippen molar-refractivity contribution in [2.75, 3.05) is 13.2 Å². The normalized spacial score (nSPS) is 11.8. The third kappa shape index (κ3) is 2.87. The average Bonchev–Trinajstić information content (AvgIpc) is 2.73. The SMILES string of the molecule is CCC(CO)(CO)NCc1c(C(=O)O)cnn1C. The topological polar surface area (TPSA) is 108 Å². The van der Waals surface area contributed by atoms with Crippen molar-refractivity contribution in [2.24, 2.45) is 7.05 Å². The van der Waals surface area contributed by atoms with Crippen LogP contribution in [0.2, 0.25) is 0 Å². The van der Waals surface area contributed by atoms with E-state index in [-0.39, 0.29) is 25.3 Å². The molecule has 1 aromatic rings. The van der Waals surface area contributed by atoms with Crippen LogP contribution in [-0.2, 0) is 13.6 Å². The van der Waals surface area contributed by atoms with Crippen LogP contribution in [0.1, 0.15) is 29.4 Å². The summed E-state index contributed by atoms with van der Waals surface area (Å²) in [5.41, 5.74) is -0.187. The molecule has 0 radical (unpaired) electrons. The van der Waals surface area contributed by atoms with Crippen LogP contribution in [0.4, 0.5) is 0 Å². The van der Waals surface area contributed by atoms with Crippen molar-refractivity contribution < 1.29 is 20.1 Å². The molecule has 0 bridgehead atoms. The molecule has 18 heavy (non-hydrogen) atoms. The lowest BCUT2D eigenvalue weighted by Crippen LogP contribution is -2.51. The minimum atomic E-state index is -1.05. The zero-order valence-corrected chi connectivity index (χ0v) is 10.6. The molecule has 0 aliphatic rings. The van der Waals surface area contributed by atoms with Crippen LogP contribution >= 0.6 is 0 Å². The Bertz CT molecular complexity index is 404. The zero-order chi connectivity index (χ0) is 13.8. The first-order valence-corrected chi connectivity index (χ1v) is 5.70. The van der Waals surface area contributed by atoms with Crippen LogP contribution in [0.15, 0.2) is 6.20 Å². The summed E-state index contributed by atoms with van der Waals surface area (Å²) in [5.74, 6) is -1.05. The van der Waals surface area contributed by atoms with Crippen molar-refractivity contribution in [3.8, 4) is 0 Å². The molecule has 0 unspecified atom stereocenters. The number of carboxylic acid groups (broad SMARTS) is 1. The highest BCUT2D eigenvalue weighted by atomic mass is 16.4. The molecule has 7 nitrogen and oxygen atoms in total. The van der Waals surface area contributed by atoms with Crippen LogP contribution < -0.4 is 5.32 Å². The standard InChI is InChI=1S/C11H19N3O4/c1-3-11(6-15,7-16)12-5-9-8(10(17)18)4-13-14(9)2/h4,12,15-16H,3,5-7H2,1-2H3,(H,17,18). The van der Waals surface area contributed by atoms with E-state index in [0.717, 1.165) is 0 Å². The Balaban J connectivity index is 2.85. The lowest BCUT2D eigenvalue weighted by atomic mass is 9.98. The number of aryl methyl sites for hydroxylation is 1. The molecule has 0 amide bonds. The monoisotopic (exact) mass is 257 g/mol. The zero-order valence-electron chi connectivity index (χ0n) is 10.6. The smallest absolute Gasteiger partial charge is 0.339 e. The minimum absolute atomic E-state index is 0.117. The summed E-state index contributed by atoms with van der Waals surface area (Å²) in [7, 11) is 1.65. The molecular formula is C11H19N3O4. The lowest BCUT2D eigenvalue weighted by Gasteiger charge is -2.29. The Hall–Kier alpha value is -1.44. The van der Waals surface area contributed by atoms with Crippen molar-refractivity contribution in [3.63, 3.8) is 0 Å². The van der Waals surface area contributed by atoms with Gasteiger partial charge in [-0.2, -0.15) is 5.10 Å². The largest absolute Gasteiger partial charge is 0.478 e. The molecule has 0 aromatic carbocycles. The number of aromatic nitrogens is 2. The molecule has 4 N–H and O–H groups in total. The molecule has 0 saturated carbocycles. The molecule has 0 aliphatic heterocycles. The number of carboxylic acids is 1. The van der Waals surface area contributed by atoms with E-state index in [1.54, 1.807) is 7.05 Å². The van der Waals surface area contributed by atoms with Gasteiger partial charge >= 0.3 is 5.97 Å². The maximum atomic E-state index is 11.0. The number of carbonyl (C=O) groups is 1. The average molecular weight is 257 g/mol. The van der Waals surface area contributed by atoms with E-state index in [1.165, 1.54) is 10.9 Å². The first kappa shape index (κ1) is 14.6. The Morgan fingerprint density at radius 2 is 2.11 bits per heavy atom. The summed E-state index contributed by atoms with van der Waals surface area (Å²) in [4.78, 5) is 11.0. The number of rotatable bonds is 7. The van der Waals surface area contributed by atoms with Crippen LogP contribution in [0, 0.1) is 0 Å². The predicted molar refractivity (Wildman–Crippen MR) is 64.2 cm³/mol. The summed E-state index contributed by atoms with van der Waals surface area (Å²) >= 11 is 0. The first-order chi connectivity index (χ1) is 8.49. The second-order valence-corrected chi connectivity index (χ2v) is 4.24. The van der Waals surface area contributed by atoms with Crippen molar-refractivity contribution in [1.29, 1.82) is 0 Å². The molecule has 102 valence electrons. The predicted octanol–water partition coefficient (Wildman–Crippen LogP) is -0.659. The number of aromatic carboxylic acids is 1. The third-order valence-corrected chi connectivity index (χ3v) is 3.20. The van der Waals surface area contributed by atoms with Gasteiger partial charge in [-0.15, -0.1) is 0 Å². The van der Waals surface area contributed by atoms with Crippen molar-refractivity contribution in [3.05, 3.63) is 17.5 Å². The van der Waals surface area contributed by atoms with Gasteiger partial charge in [0.25, 0.3) is 0 Å². The molecule has 1 rings (SSSR count). The number of hydrogen-bond donors (Lipinski definition) is 4. The Kier molecular flexibility index (Phi) is 4.83. The van der Waals surface area contributed by atoms with Gasteiger partial charge in [0.2, 0.25) is 0 Å². The molecular weight excluding hydrogens is 238 g/mol. The summed E-state index contributed by atoms with van der Waals surface area (Å²) in [6, 6.07) is 0. The summed E-state index contributed by atoms with van der Waals surface area (Å²) in [5, 5.41) is 34.5. The van der Waals surface area contributed by atoms with E-state index in [0.29, 0.717) is 12.1 Å². The summed E-state index contributed by atoms with van der Waals surface area (Å²) in [6.45, 7) is 1.61. The second kappa shape index (κ2) is 5.94. The molecule has 0 fully saturated rings. The van der Waals surface area contributed by atoms with E-state index >= 15 is 0 Å². The molecule has 0 atom stereocenters. The number of aliphatic hydroxyl groups is 2. The Labute approximate surface area is 105 Å². The van der Waals surface area contributed by atoms with Crippen LogP contribution in [0.3, 0.4) is 0 Å². The van der Waals surface area contributed by atoms with Crippen LogP contribution in [0.25, 0.3) is 0 Å². The summed E-state index contributed by atoms with van der Waals surface area (Å²) < 4.78 is 1.46. The Morgan fingerprint density at radius 1 is 1.50 bits per heavy atom. The number of nitrogens with zero attached hydrogens (tertiary/aromatic N) is 2. The maximum absolute atomic E-state index is 11.0. The van der Waals surface area contributed by atoms with Gasteiger partial charge in [-0.3, -0.25) is 4.68 Å². The fraction of sp³-hybridized carbons (Fsp3) is 0.636. The fourth-order valence-electron chi connectivity index (χ4n) is 1.63. The van der Waals surface area contributed by atoms with Gasteiger partial charge in [-0.25, -0.2) is 4.79 Å².